The molecule has 1 aromatic rings. The highest BCUT2D eigenvalue weighted by Crippen LogP contribution is 2.37. The van der Waals surface area contributed by atoms with E-state index in [1.807, 2.05) is 4.68 Å². The summed E-state index contributed by atoms with van der Waals surface area (Å²) in [4.78, 5) is 0. The first-order valence-corrected chi connectivity index (χ1v) is 6.91. The molecule has 1 aromatic heterocycles. The lowest BCUT2D eigenvalue weighted by atomic mass is 9.94. The van der Waals surface area contributed by atoms with Crippen molar-refractivity contribution >= 4 is 0 Å². The Labute approximate surface area is 114 Å². The molecule has 1 atom stereocenters. The Morgan fingerprint density at radius 1 is 1.37 bits per heavy atom. The van der Waals surface area contributed by atoms with Gasteiger partial charge < -0.3 is 10.1 Å². The summed E-state index contributed by atoms with van der Waals surface area (Å²) in [6.45, 7) is 13.3. The highest BCUT2D eigenvalue weighted by molar-refractivity contribution is 4.99. The van der Waals surface area contributed by atoms with Crippen LogP contribution >= 0.6 is 0 Å². The maximum absolute atomic E-state index is 6.08. The summed E-state index contributed by atoms with van der Waals surface area (Å²) in [5, 5.41) is 15.4. The molecule has 0 bridgehead atoms. The van der Waals surface area contributed by atoms with Crippen LogP contribution in [0.15, 0.2) is 0 Å². The molecule has 19 heavy (non-hydrogen) atoms. The monoisotopic (exact) mass is 267 g/mol. The van der Waals surface area contributed by atoms with Gasteiger partial charge in [0.2, 0.25) is 0 Å². The van der Waals surface area contributed by atoms with E-state index in [4.69, 9.17) is 4.74 Å². The molecule has 1 unspecified atom stereocenters. The molecule has 1 aliphatic rings. The molecule has 108 valence electrons. The molecule has 0 aromatic carbocycles. The summed E-state index contributed by atoms with van der Waals surface area (Å²) in [6, 6.07) is 0.580. The Kier molecular flexibility index (Phi) is 3.66. The average molecular weight is 267 g/mol. The van der Waals surface area contributed by atoms with E-state index in [2.05, 4.69) is 62.4 Å². The van der Waals surface area contributed by atoms with E-state index in [0.29, 0.717) is 12.6 Å². The second-order valence-corrected chi connectivity index (χ2v) is 6.74. The van der Waals surface area contributed by atoms with Crippen LogP contribution in [-0.2, 0) is 11.3 Å². The van der Waals surface area contributed by atoms with Gasteiger partial charge in [0.25, 0.3) is 0 Å². The summed E-state index contributed by atoms with van der Waals surface area (Å²) >= 11 is 0. The predicted molar refractivity (Wildman–Crippen MR) is 72.7 cm³/mol. The van der Waals surface area contributed by atoms with Crippen molar-refractivity contribution < 1.29 is 4.74 Å². The first-order valence-electron chi connectivity index (χ1n) is 6.91. The standard InChI is InChI=1S/C13H25N5O/c1-9(2)18-11(15-16-17-18)8-14-10-7-12(3,4)19-13(10,5)6/h9-10,14H,7-8H2,1-6H3. The van der Waals surface area contributed by atoms with Crippen LogP contribution in [0.25, 0.3) is 0 Å². The van der Waals surface area contributed by atoms with Crippen molar-refractivity contribution in [3.05, 3.63) is 5.82 Å². The summed E-state index contributed by atoms with van der Waals surface area (Å²) in [7, 11) is 0. The van der Waals surface area contributed by atoms with Gasteiger partial charge in [0.1, 0.15) is 0 Å². The molecule has 0 aliphatic carbocycles. The van der Waals surface area contributed by atoms with Crippen LogP contribution in [0.1, 0.15) is 59.8 Å². The molecule has 1 saturated heterocycles. The van der Waals surface area contributed by atoms with Crippen molar-refractivity contribution in [3.63, 3.8) is 0 Å². The van der Waals surface area contributed by atoms with Crippen molar-refractivity contribution in [1.82, 2.24) is 25.5 Å². The van der Waals surface area contributed by atoms with Gasteiger partial charge in [-0.15, -0.1) is 5.10 Å². The molecule has 1 N–H and O–H groups in total. The number of hydrogen-bond donors (Lipinski definition) is 1. The minimum atomic E-state index is -0.167. The first-order chi connectivity index (χ1) is 8.71. The zero-order chi connectivity index (χ0) is 14.3. The van der Waals surface area contributed by atoms with E-state index in [1.165, 1.54) is 0 Å². The largest absolute Gasteiger partial charge is 0.368 e. The Bertz CT molecular complexity index is 438. The van der Waals surface area contributed by atoms with Gasteiger partial charge in [0, 0.05) is 6.04 Å². The normalized spacial score (nSPS) is 25.1. The fourth-order valence-corrected chi connectivity index (χ4v) is 2.82. The van der Waals surface area contributed by atoms with Crippen molar-refractivity contribution in [1.29, 1.82) is 0 Å². The lowest BCUT2D eigenvalue weighted by Crippen LogP contribution is -2.43. The fourth-order valence-electron chi connectivity index (χ4n) is 2.82. The van der Waals surface area contributed by atoms with Crippen molar-refractivity contribution in [2.45, 2.75) is 77.8 Å². The van der Waals surface area contributed by atoms with Crippen LogP contribution in [0.4, 0.5) is 0 Å². The zero-order valence-corrected chi connectivity index (χ0v) is 12.8. The molecular formula is C13H25N5O. The fraction of sp³-hybridized carbons (Fsp3) is 0.923. The molecule has 1 aliphatic heterocycles. The van der Waals surface area contributed by atoms with Gasteiger partial charge in [0.15, 0.2) is 5.82 Å². The van der Waals surface area contributed by atoms with E-state index in [0.717, 1.165) is 12.2 Å². The molecule has 0 radical (unpaired) electrons. The average Bonchev–Trinajstić information content (AvgIpc) is 2.77. The second-order valence-electron chi connectivity index (χ2n) is 6.74. The Balaban J connectivity index is 2.01. The first kappa shape index (κ1) is 14.4. The van der Waals surface area contributed by atoms with Gasteiger partial charge in [-0.1, -0.05) is 0 Å². The molecule has 0 saturated carbocycles. The SMILES string of the molecule is CC(C)n1nnnc1CNC1CC(C)(C)OC1(C)C. The Morgan fingerprint density at radius 2 is 2.05 bits per heavy atom. The van der Waals surface area contributed by atoms with E-state index >= 15 is 0 Å². The van der Waals surface area contributed by atoms with E-state index in [-0.39, 0.29) is 17.2 Å². The maximum Gasteiger partial charge on any atom is 0.165 e. The number of tetrazole rings is 1. The van der Waals surface area contributed by atoms with Crippen LogP contribution in [0, 0.1) is 0 Å². The Morgan fingerprint density at radius 3 is 2.58 bits per heavy atom. The van der Waals surface area contributed by atoms with Crippen molar-refractivity contribution in [2.24, 2.45) is 0 Å². The maximum atomic E-state index is 6.08. The molecule has 0 amide bonds. The molecule has 0 spiro atoms. The lowest BCUT2D eigenvalue weighted by molar-refractivity contribution is -0.0699. The predicted octanol–water partition coefficient (Wildman–Crippen LogP) is 1.69. The summed E-state index contributed by atoms with van der Waals surface area (Å²) in [6.07, 6.45) is 0.989. The number of aromatic nitrogens is 4. The highest BCUT2D eigenvalue weighted by Gasteiger charge is 2.45. The minimum absolute atomic E-state index is 0.0782. The number of nitrogens with zero attached hydrogens (tertiary/aromatic N) is 4. The van der Waals surface area contributed by atoms with Gasteiger partial charge >= 0.3 is 0 Å². The molecule has 6 nitrogen and oxygen atoms in total. The summed E-state index contributed by atoms with van der Waals surface area (Å²) in [5.74, 6) is 0.871. The van der Waals surface area contributed by atoms with E-state index in [9.17, 15) is 0 Å². The van der Waals surface area contributed by atoms with Crippen LogP contribution in [-0.4, -0.2) is 37.5 Å². The van der Waals surface area contributed by atoms with Crippen molar-refractivity contribution in [3.8, 4) is 0 Å². The van der Waals surface area contributed by atoms with Gasteiger partial charge in [-0.25, -0.2) is 4.68 Å². The molecular weight excluding hydrogens is 242 g/mol. The second kappa shape index (κ2) is 4.83. The topological polar surface area (TPSA) is 64.9 Å². The third-order valence-corrected chi connectivity index (χ3v) is 3.63. The van der Waals surface area contributed by atoms with Gasteiger partial charge in [-0.05, 0) is 58.4 Å². The number of hydrogen-bond acceptors (Lipinski definition) is 5. The van der Waals surface area contributed by atoms with Gasteiger partial charge in [0.05, 0.1) is 23.8 Å². The lowest BCUT2D eigenvalue weighted by Gasteiger charge is -2.27. The quantitative estimate of drug-likeness (QED) is 0.899. The minimum Gasteiger partial charge on any atom is -0.368 e. The highest BCUT2D eigenvalue weighted by atomic mass is 16.5. The zero-order valence-electron chi connectivity index (χ0n) is 12.8. The molecule has 2 heterocycles. The van der Waals surface area contributed by atoms with Crippen LogP contribution in [0.2, 0.25) is 0 Å². The molecule has 2 rings (SSSR count). The molecule has 6 heteroatoms. The van der Waals surface area contributed by atoms with Crippen molar-refractivity contribution in [2.75, 3.05) is 0 Å². The Hall–Kier alpha value is -1.01. The summed E-state index contributed by atoms with van der Waals surface area (Å²) < 4.78 is 7.92. The van der Waals surface area contributed by atoms with Crippen LogP contribution < -0.4 is 5.32 Å². The smallest absolute Gasteiger partial charge is 0.165 e. The number of rotatable bonds is 4. The van der Waals surface area contributed by atoms with Crippen LogP contribution in [0.3, 0.4) is 0 Å². The number of ether oxygens (including phenoxy) is 1. The number of nitrogens with one attached hydrogen (secondary N) is 1. The van der Waals surface area contributed by atoms with Gasteiger partial charge in [-0.2, -0.15) is 0 Å². The van der Waals surface area contributed by atoms with E-state index < -0.39 is 0 Å². The third kappa shape index (κ3) is 3.12. The van der Waals surface area contributed by atoms with E-state index in [1.54, 1.807) is 0 Å². The van der Waals surface area contributed by atoms with Gasteiger partial charge in [-0.3, -0.25) is 0 Å². The third-order valence-electron chi connectivity index (χ3n) is 3.63. The summed E-state index contributed by atoms with van der Waals surface area (Å²) in [5.41, 5.74) is -0.245. The van der Waals surface area contributed by atoms with Crippen LogP contribution in [0.5, 0.6) is 0 Å². The molecule has 1 fully saturated rings.